The molecule has 1 saturated heterocycles. The molecular formula is C24H31N7O. The first kappa shape index (κ1) is 22.0. The highest BCUT2D eigenvalue weighted by Gasteiger charge is 2.20. The lowest BCUT2D eigenvalue weighted by atomic mass is 10.1. The van der Waals surface area contributed by atoms with Gasteiger partial charge in [-0.25, -0.2) is 15.0 Å². The Kier molecular flexibility index (Phi) is 6.50. The summed E-state index contributed by atoms with van der Waals surface area (Å²) in [5.41, 5.74) is 3.34. The van der Waals surface area contributed by atoms with Crippen LogP contribution in [-0.2, 0) is 6.54 Å². The first-order valence-electron chi connectivity index (χ1n) is 11.2. The van der Waals surface area contributed by atoms with Gasteiger partial charge in [0.25, 0.3) is 5.91 Å². The molecule has 0 aliphatic carbocycles. The molecule has 4 rings (SSSR count). The number of imidazole rings is 1. The van der Waals surface area contributed by atoms with Gasteiger partial charge in [0.05, 0.1) is 17.6 Å². The van der Waals surface area contributed by atoms with Crippen LogP contribution < -0.4 is 5.32 Å². The van der Waals surface area contributed by atoms with Gasteiger partial charge in [0.2, 0.25) is 5.95 Å². The molecule has 3 aromatic rings. The Morgan fingerprint density at radius 2 is 1.78 bits per heavy atom. The summed E-state index contributed by atoms with van der Waals surface area (Å²) < 4.78 is 2.19. The highest BCUT2D eigenvalue weighted by Crippen LogP contribution is 2.24. The summed E-state index contributed by atoms with van der Waals surface area (Å²) in [5, 5.41) is 3.25. The highest BCUT2D eigenvalue weighted by atomic mass is 16.2. The zero-order chi connectivity index (χ0) is 22.7. The van der Waals surface area contributed by atoms with E-state index in [2.05, 4.69) is 52.6 Å². The van der Waals surface area contributed by atoms with Gasteiger partial charge < -0.3 is 19.7 Å². The summed E-state index contributed by atoms with van der Waals surface area (Å²) in [5.74, 6) is 1.98. The molecule has 0 radical (unpaired) electrons. The van der Waals surface area contributed by atoms with E-state index in [1.807, 2.05) is 41.4 Å². The maximum atomic E-state index is 12.7. The molecule has 0 atom stereocenters. The first-order chi connectivity index (χ1) is 15.5. The number of rotatable bonds is 6. The van der Waals surface area contributed by atoms with Gasteiger partial charge in [0.1, 0.15) is 5.82 Å². The molecule has 168 valence electrons. The van der Waals surface area contributed by atoms with Crippen LogP contribution in [0, 0.1) is 0 Å². The Morgan fingerprint density at radius 1 is 1.06 bits per heavy atom. The first-order valence-corrected chi connectivity index (χ1v) is 11.2. The number of amides is 1. The van der Waals surface area contributed by atoms with E-state index in [1.54, 1.807) is 6.20 Å². The fourth-order valence-corrected chi connectivity index (χ4v) is 3.97. The Hall–Kier alpha value is -3.26. The standard InChI is InChI=1S/C24H31N7O/c1-5-31-21(16-26-22(31)17(2)3)20-10-11-25-24(28-20)27-19-8-6-18(7-9-19)23(32)30-14-12-29(4)13-15-30/h6-11,16-17H,5,12-15H2,1-4H3,(H,25,27,28). The Balaban J connectivity index is 1.48. The normalized spacial score (nSPS) is 14.7. The van der Waals surface area contributed by atoms with E-state index in [0.29, 0.717) is 17.4 Å². The van der Waals surface area contributed by atoms with Crippen LogP contribution in [0.25, 0.3) is 11.4 Å². The van der Waals surface area contributed by atoms with Gasteiger partial charge in [-0.2, -0.15) is 0 Å². The molecule has 8 nitrogen and oxygen atoms in total. The predicted octanol–water partition coefficient (Wildman–Crippen LogP) is 3.61. The molecule has 0 saturated carbocycles. The Bertz CT molecular complexity index is 1070. The van der Waals surface area contributed by atoms with Gasteiger partial charge in [0, 0.05) is 56.1 Å². The largest absolute Gasteiger partial charge is 0.336 e. The third-order valence-corrected chi connectivity index (χ3v) is 5.82. The van der Waals surface area contributed by atoms with Crippen molar-refractivity contribution in [1.82, 2.24) is 29.3 Å². The van der Waals surface area contributed by atoms with Gasteiger partial charge in [-0.3, -0.25) is 4.79 Å². The molecule has 32 heavy (non-hydrogen) atoms. The van der Waals surface area contributed by atoms with E-state index in [9.17, 15) is 4.79 Å². The molecule has 1 aliphatic heterocycles. The third kappa shape index (κ3) is 4.65. The van der Waals surface area contributed by atoms with Gasteiger partial charge in [-0.1, -0.05) is 13.8 Å². The lowest BCUT2D eigenvalue weighted by molar-refractivity contribution is 0.0664. The second-order valence-corrected chi connectivity index (χ2v) is 8.46. The number of aromatic nitrogens is 4. The van der Waals surface area contributed by atoms with Crippen molar-refractivity contribution >= 4 is 17.5 Å². The van der Waals surface area contributed by atoms with Crippen molar-refractivity contribution in [2.45, 2.75) is 33.2 Å². The zero-order valence-corrected chi connectivity index (χ0v) is 19.2. The molecule has 1 aromatic carbocycles. The van der Waals surface area contributed by atoms with E-state index < -0.39 is 0 Å². The number of carbonyl (C=O) groups excluding carboxylic acids is 1. The van der Waals surface area contributed by atoms with E-state index in [4.69, 9.17) is 4.98 Å². The summed E-state index contributed by atoms with van der Waals surface area (Å²) in [4.78, 5) is 30.5. The summed E-state index contributed by atoms with van der Waals surface area (Å²) in [7, 11) is 2.08. The fraction of sp³-hybridized carbons (Fsp3) is 0.417. The summed E-state index contributed by atoms with van der Waals surface area (Å²) in [6, 6.07) is 9.40. The highest BCUT2D eigenvalue weighted by molar-refractivity contribution is 5.94. The van der Waals surface area contributed by atoms with Crippen LogP contribution in [0.5, 0.6) is 0 Å². The lowest BCUT2D eigenvalue weighted by Gasteiger charge is -2.32. The monoisotopic (exact) mass is 433 g/mol. The van der Waals surface area contributed by atoms with Crippen molar-refractivity contribution in [1.29, 1.82) is 0 Å². The van der Waals surface area contributed by atoms with Crippen LogP contribution in [0.15, 0.2) is 42.7 Å². The number of carbonyl (C=O) groups is 1. The molecule has 3 heterocycles. The SMILES string of the molecule is CCn1c(-c2ccnc(Nc3ccc(C(=O)N4CCN(C)CC4)cc3)n2)cnc1C(C)C. The van der Waals surface area contributed by atoms with E-state index in [-0.39, 0.29) is 5.91 Å². The number of hydrogen-bond donors (Lipinski definition) is 1. The summed E-state index contributed by atoms with van der Waals surface area (Å²) >= 11 is 0. The smallest absolute Gasteiger partial charge is 0.253 e. The maximum Gasteiger partial charge on any atom is 0.253 e. The summed E-state index contributed by atoms with van der Waals surface area (Å²) in [6.45, 7) is 10.6. The molecule has 1 fully saturated rings. The van der Waals surface area contributed by atoms with Gasteiger partial charge in [0.15, 0.2) is 0 Å². The Morgan fingerprint density at radius 3 is 2.44 bits per heavy atom. The molecule has 0 bridgehead atoms. The second kappa shape index (κ2) is 9.48. The molecule has 8 heteroatoms. The minimum absolute atomic E-state index is 0.0803. The number of nitrogens with one attached hydrogen (secondary N) is 1. The Labute approximate surface area is 189 Å². The number of anilines is 2. The van der Waals surface area contributed by atoms with Crippen LogP contribution in [0.3, 0.4) is 0 Å². The minimum atomic E-state index is 0.0803. The van der Waals surface area contributed by atoms with Crippen LogP contribution >= 0.6 is 0 Å². The van der Waals surface area contributed by atoms with E-state index in [0.717, 1.165) is 55.6 Å². The van der Waals surface area contributed by atoms with E-state index >= 15 is 0 Å². The molecular weight excluding hydrogens is 402 g/mol. The number of hydrogen-bond acceptors (Lipinski definition) is 6. The zero-order valence-electron chi connectivity index (χ0n) is 19.2. The number of likely N-dealkylation sites (N-methyl/N-ethyl adjacent to an activating group) is 1. The second-order valence-electron chi connectivity index (χ2n) is 8.46. The number of benzene rings is 1. The lowest BCUT2D eigenvalue weighted by Crippen LogP contribution is -2.47. The van der Waals surface area contributed by atoms with E-state index in [1.165, 1.54) is 0 Å². The maximum absolute atomic E-state index is 12.7. The number of piperazine rings is 1. The molecule has 0 unspecified atom stereocenters. The topological polar surface area (TPSA) is 79.2 Å². The average Bonchev–Trinajstić information content (AvgIpc) is 3.24. The van der Waals surface area contributed by atoms with Crippen LogP contribution in [0.2, 0.25) is 0 Å². The van der Waals surface area contributed by atoms with Gasteiger partial charge >= 0.3 is 0 Å². The van der Waals surface area contributed by atoms with Gasteiger partial charge in [-0.05, 0) is 44.3 Å². The molecule has 1 aliphatic rings. The third-order valence-electron chi connectivity index (χ3n) is 5.82. The minimum Gasteiger partial charge on any atom is -0.336 e. The molecule has 1 amide bonds. The average molecular weight is 434 g/mol. The van der Waals surface area contributed by atoms with Crippen molar-refractivity contribution in [2.75, 3.05) is 38.5 Å². The van der Waals surface area contributed by atoms with Crippen molar-refractivity contribution in [3.63, 3.8) is 0 Å². The van der Waals surface area contributed by atoms with Crippen LogP contribution in [0.4, 0.5) is 11.6 Å². The van der Waals surface area contributed by atoms with Crippen molar-refractivity contribution < 1.29 is 4.79 Å². The van der Waals surface area contributed by atoms with Crippen LogP contribution in [0.1, 0.15) is 42.9 Å². The molecule has 0 spiro atoms. The quantitative estimate of drug-likeness (QED) is 0.640. The molecule has 1 N–H and O–H groups in total. The predicted molar refractivity (Wildman–Crippen MR) is 126 cm³/mol. The summed E-state index contributed by atoms with van der Waals surface area (Å²) in [6.07, 6.45) is 3.63. The molecule has 2 aromatic heterocycles. The van der Waals surface area contributed by atoms with Gasteiger partial charge in [-0.15, -0.1) is 0 Å². The van der Waals surface area contributed by atoms with Crippen LogP contribution in [-0.4, -0.2) is 68.5 Å². The van der Waals surface area contributed by atoms with Crippen molar-refractivity contribution in [3.8, 4) is 11.4 Å². The fourth-order valence-electron chi connectivity index (χ4n) is 3.97. The van der Waals surface area contributed by atoms with Crippen molar-refractivity contribution in [2.24, 2.45) is 0 Å². The number of nitrogens with zero attached hydrogens (tertiary/aromatic N) is 6. The van der Waals surface area contributed by atoms with Crippen molar-refractivity contribution in [3.05, 3.63) is 54.1 Å².